The number of rotatable bonds is 5. The molecular weight excluding hydrogens is 262 g/mol. The molecule has 1 aliphatic rings. The second-order valence-corrected chi connectivity index (χ2v) is 5.67. The third kappa shape index (κ3) is 3.50. The lowest BCUT2D eigenvalue weighted by Crippen LogP contribution is -2.50. The van der Waals surface area contributed by atoms with Gasteiger partial charge in [-0.3, -0.25) is 9.59 Å². The van der Waals surface area contributed by atoms with Gasteiger partial charge in [-0.15, -0.1) is 0 Å². The van der Waals surface area contributed by atoms with Crippen LogP contribution in [0.2, 0.25) is 0 Å². The van der Waals surface area contributed by atoms with Crippen LogP contribution in [0, 0.1) is 5.92 Å². The normalized spacial score (nSPS) is 15.1. The molecule has 1 aromatic carbocycles. The SMILES string of the molecule is CSCc1ccc(C(=O)N2CC(CC(=O)O)C2)cc1. The van der Waals surface area contributed by atoms with Crippen LogP contribution in [-0.2, 0) is 10.5 Å². The van der Waals surface area contributed by atoms with Crippen molar-refractivity contribution in [1.29, 1.82) is 0 Å². The lowest BCUT2D eigenvalue weighted by Gasteiger charge is -2.38. The number of amides is 1. The summed E-state index contributed by atoms with van der Waals surface area (Å²) in [6, 6.07) is 7.63. The number of carboxylic acids is 1. The average Bonchev–Trinajstić information content (AvgIpc) is 2.33. The first-order valence-electron chi connectivity index (χ1n) is 6.19. The monoisotopic (exact) mass is 279 g/mol. The van der Waals surface area contributed by atoms with Gasteiger partial charge >= 0.3 is 5.97 Å². The summed E-state index contributed by atoms with van der Waals surface area (Å²) in [5, 5.41) is 8.67. The fourth-order valence-corrected chi connectivity index (χ4v) is 2.73. The quantitative estimate of drug-likeness (QED) is 0.896. The first kappa shape index (κ1) is 13.9. The maximum Gasteiger partial charge on any atom is 0.303 e. The maximum atomic E-state index is 12.1. The predicted octanol–water partition coefficient (Wildman–Crippen LogP) is 2.10. The Hall–Kier alpha value is -1.49. The molecule has 0 atom stereocenters. The maximum absolute atomic E-state index is 12.1. The zero-order valence-corrected chi connectivity index (χ0v) is 11.7. The van der Waals surface area contributed by atoms with Gasteiger partial charge in [0.25, 0.3) is 5.91 Å². The number of benzene rings is 1. The van der Waals surface area contributed by atoms with Crippen molar-refractivity contribution < 1.29 is 14.7 Å². The van der Waals surface area contributed by atoms with E-state index in [1.54, 1.807) is 16.7 Å². The Kier molecular flexibility index (Phi) is 4.47. The van der Waals surface area contributed by atoms with Gasteiger partial charge in [0, 0.05) is 30.3 Å². The van der Waals surface area contributed by atoms with Gasteiger partial charge in [0.2, 0.25) is 0 Å². The van der Waals surface area contributed by atoms with Crippen LogP contribution in [0.5, 0.6) is 0 Å². The van der Waals surface area contributed by atoms with Gasteiger partial charge in [0.1, 0.15) is 0 Å². The van der Waals surface area contributed by atoms with Gasteiger partial charge in [-0.2, -0.15) is 11.8 Å². The topological polar surface area (TPSA) is 57.6 Å². The van der Waals surface area contributed by atoms with Crippen LogP contribution in [0.15, 0.2) is 24.3 Å². The summed E-state index contributed by atoms with van der Waals surface area (Å²) in [5.41, 5.74) is 1.88. The molecule has 1 fully saturated rings. The highest BCUT2D eigenvalue weighted by Gasteiger charge is 2.32. The van der Waals surface area contributed by atoms with Crippen molar-refractivity contribution in [1.82, 2.24) is 4.90 Å². The highest BCUT2D eigenvalue weighted by Crippen LogP contribution is 2.22. The van der Waals surface area contributed by atoms with Crippen LogP contribution in [0.1, 0.15) is 22.3 Å². The van der Waals surface area contributed by atoms with Crippen molar-refractivity contribution in [2.75, 3.05) is 19.3 Å². The van der Waals surface area contributed by atoms with Gasteiger partial charge in [0.05, 0.1) is 6.42 Å². The Bertz CT molecular complexity index is 466. The summed E-state index contributed by atoms with van der Waals surface area (Å²) in [6.07, 6.45) is 2.19. The molecule has 5 heteroatoms. The van der Waals surface area contributed by atoms with E-state index in [0.29, 0.717) is 18.7 Å². The summed E-state index contributed by atoms with van der Waals surface area (Å²) in [6.45, 7) is 1.11. The highest BCUT2D eigenvalue weighted by molar-refractivity contribution is 7.97. The molecule has 1 N–H and O–H groups in total. The molecule has 4 nitrogen and oxygen atoms in total. The number of carboxylic acid groups (broad SMARTS) is 1. The summed E-state index contributed by atoms with van der Waals surface area (Å²) in [4.78, 5) is 24.3. The molecule has 0 spiro atoms. The molecule has 1 amide bonds. The minimum absolute atomic E-state index is 0.00246. The molecule has 0 bridgehead atoms. The Morgan fingerprint density at radius 1 is 1.32 bits per heavy atom. The third-order valence-electron chi connectivity index (χ3n) is 3.22. The van der Waals surface area contributed by atoms with Crippen LogP contribution in [0.3, 0.4) is 0 Å². The minimum Gasteiger partial charge on any atom is -0.481 e. The molecule has 0 unspecified atom stereocenters. The molecule has 102 valence electrons. The summed E-state index contributed by atoms with van der Waals surface area (Å²) in [5.74, 6) is 0.256. The van der Waals surface area contributed by atoms with Crippen LogP contribution in [-0.4, -0.2) is 41.2 Å². The van der Waals surface area contributed by atoms with Gasteiger partial charge < -0.3 is 10.0 Å². The van der Waals surface area contributed by atoms with Crippen LogP contribution < -0.4 is 0 Å². The largest absolute Gasteiger partial charge is 0.481 e. The number of thioether (sulfide) groups is 1. The van der Waals surface area contributed by atoms with Crippen molar-refractivity contribution in [3.63, 3.8) is 0 Å². The lowest BCUT2D eigenvalue weighted by atomic mass is 9.95. The Morgan fingerprint density at radius 3 is 2.47 bits per heavy atom. The molecule has 0 saturated carbocycles. The van der Waals surface area contributed by atoms with E-state index in [-0.39, 0.29) is 18.2 Å². The van der Waals surface area contributed by atoms with Gasteiger partial charge in [0.15, 0.2) is 0 Å². The minimum atomic E-state index is -0.793. The third-order valence-corrected chi connectivity index (χ3v) is 3.84. The van der Waals surface area contributed by atoms with Crippen LogP contribution >= 0.6 is 11.8 Å². The predicted molar refractivity (Wildman–Crippen MR) is 75.3 cm³/mol. The fourth-order valence-electron chi connectivity index (χ4n) is 2.20. The van der Waals surface area contributed by atoms with Crippen molar-refractivity contribution >= 4 is 23.6 Å². The van der Waals surface area contributed by atoms with E-state index >= 15 is 0 Å². The molecule has 1 saturated heterocycles. The summed E-state index contributed by atoms with van der Waals surface area (Å²) >= 11 is 1.75. The number of hydrogen-bond acceptors (Lipinski definition) is 3. The van der Waals surface area contributed by atoms with Gasteiger partial charge in [-0.05, 0) is 24.0 Å². The van der Waals surface area contributed by atoms with Crippen LogP contribution in [0.25, 0.3) is 0 Å². The number of aliphatic carboxylic acids is 1. The molecule has 1 aliphatic heterocycles. The van der Waals surface area contributed by atoms with Crippen molar-refractivity contribution in [2.45, 2.75) is 12.2 Å². The Labute approximate surface area is 116 Å². The number of likely N-dealkylation sites (tertiary alicyclic amines) is 1. The van der Waals surface area contributed by atoms with E-state index in [1.807, 2.05) is 30.5 Å². The molecule has 0 aromatic heterocycles. The van der Waals surface area contributed by atoms with Gasteiger partial charge in [-0.1, -0.05) is 12.1 Å². The fraction of sp³-hybridized carbons (Fsp3) is 0.429. The van der Waals surface area contributed by atoms with Gasteiger partial charge in [-0.25, -0.2) is 0 Å². The zero-order valence-electron chi connectivity index (χ0n) is 10.8. The highest BCUT2D eigenvalue weighted by atomic mass is 32.2. The first-order chi connectivity index (χ1) is 9.10. The molecule has 0 radical (unpaired) electrons. The second-order valence-electron chi connectivity index (χ2n) is 4.80. The van der Waals surface area contributed by atoms with Crippen molar-refractivity contribution in [3.05, 3.63) is 35.4 Å². The zero-order chi connectivity index (χ0) is 13.8. The molecular formula is C14H17NO3S. The summed E-state index contributed by atoms with van der Waals surface area (Å²) < 4.78 is 0. The lowest BCUT2D eigenvalue weighted by molar-refractivity contribution is -0.139. The van der Waals surface area contributed by atoms with Crippen LogP contribution in [0.4, 0.5) is 0 Å². The molecule has 2 rings (SSSR count). The van der Waals surface area contributed by atoms with E-state index in [1.165, 1.54) is 5.56 Å². The van der Waals surface area contributed by atoms with E-state index in [9.17, 15) is 9.59 Å². The number of hydrogen-bond donors (Lipinski definition) is 1. The smallest absolute Gasteiger partial charge is 0.303 e. The number of carbonyl (C=O) groups excluding carboxylic acids is 1. The van der Waals surface area contributed by atoms with E-state index in [4.69, 9.17) is 5.11 Å². The number of carbonyl (C=O) groups is 2. The second kappa shape index (κ2) is 6.10. The average molecular weight is 279 g/mol. The standard InChI is InChI=1S/C14H17NO3S/c1-19-9-10-2-4-12(5-3-10)14(18)15-7-11(8-15)6-13(16)17/h2-5,11H,6-9H2,1H3,(H,16,17). The molecule has 1 aromatic rings. The molecule has 0 aliphatic carbocycles. The van der Waals surface area contributed by atoms with Crippen molar-refractivity contribution in [2.24, 2.45) is 5.92 Å². The Morgan fingerprint density at radius 2 is 1.95 bits per heavy atom. The first-order valence-corrected chi connectivity index (χ1v) is 7.58. The Balaban J connectivity index is 1.89. The van der Waals surface area contributed by atoms with Crippen molar-refractivity contribution in [3.8, 4) is 0 Å². The number of nitrogens with zero attached hydrogens (tertiary/aromatic N) is 1. The molecule has 19 heavy (non-hydrogen) atoms. The molecule has 1 heterocycles. The van der Waals surface area contributed by atoms with E-state index in [0.717, 1.165) is 5.75 Å². The van der Waals surface area contributed by atoms with E-state index < -0.39 is 5.97 Å². The summed E-state index contributed by atoms with van der Waals surface area (Å²) in [7, 11) is 0. The van der Waals surface area contributed by atoms with E-state index in [2.05, 4.69) is 0 Å².